The number of nitrogens with one attached hydrogen (secondary N) is 1. The lowest BCUT2D eigenvalue weighted by molar-refractivity contribution is -0.135. The average Bonchev–Trinajstić information content (AvgIpc) is 3.32. The van der Waals surface area contributed by atoms with E-state index in [9.17, 15) is 4.79 Å². The first-order valence-corrected chi connectivity index (χ1v) is 8.61. The largest absolute Gasteiger partial charge is 0.372 e. The van der Waals surface area contributed by atoms with Crippen molar-refractivity contribution >= 4 is 11.7 Å². The van der Waals surface area contributed by atoms with E-state index in [2.05, 4.69) is 27.4 Å². The number of benzene rings is 1. The maximum absolute atomic E-state index is 13.3. The van der Waals surface area contributed by atoms with Gasteiger partial charge in [-0.25, -0.2) is 4.98 Å². The van der Waals surface area contributed by atoms with E-state index in [4.69, 9.17) is 0 Å². The number of amides is 1. The molecule has 1 N–H and O–H groups in total. The van der Waals surface area contributed by atoms with Crippen molar-refractivity contribution in [2.24, 2.45) is 0 Å². The normalized spacial score (nSPS) is 21.5. The van der Waals surface area contributed by atoms with E-state index in [1.165, 1.54) is 0 Å². The van der Waals surface area contributed by atoms with E-state index in [1.807, 2.05) is 30.1 Å². The average molecular weight is 322 g/mol. The molecule has 1 saturated heterocycles. The van der Waals surface area contributed by atoms with Crippen molar-refractivity contribution in [2.75, 3.05) is 18.9 Å². The molecule has 1 aliphatic heterocycles. The minimum Gasteiger partial charge on any atom is -0.372 e. The minimum atomic E-state index is -0.308. The lowest BCUT2D eigenvalue weighted by atomic mass is 9.94. The van der Waals surface area contributed by atoms with Gasteiger partial charge in [0.15, 0.2) is 0 Å². The highest BCUT2D eigenvalue weighted by molar-refractivity contribution is 5.91. The van der Waals surface area contributed by atoms with Crippen LogP contribution in [0.2, 0.25) is 0 Å². The fourth-order valence-electron chi connectivity index (χ4n) is 3.76. The van der Waals surface area contributed by atoms with Gasteiger partial charge in [-0.3, -0.25) is 9.78 Å². The predicted molar refractivity (Wildman–Crippen MR) is 92.6 cm³/mol. The van der Waals surface area contributed by atoms with E-state index in [0.717, 1.165) is 49.3 Å². The molecule has 5 nitrogen and oxygen atoms in total. The molecule has 2 aliphatic rings. The number of anilines is 1. The van der Waals surface area contributed by atoms with Crippen molar-refractivity contribution in [3.05, 3.63) is 54.0 Å². The van der Waals surface area contributed by atoms with Crippen LogP contribution in [0, 0.1) is 0 Å². The zero-order valence-electron chi connectivity index (χ0n) is 13.9. The van der Waals surface area contributed by atoms with E-state index in [1.54, 1.807) is 12.4 Å². The lowest BCUT2D eigenvalue weighted by Gasteiger charge is -2.29. The summed E-state index contributed by atoms with van der Waals surface area (Å²) >= 11 is 0. The molecule has 4 rings (SSSR count). The number of aromatic nitrogens is 2. The first-order valence-electron chi connectivity index (χ1n) is 8.61. The molecule has 2 aromatic rings. The van der Waals surface area contributed by atoms with Gasteiger partial charge in [0, 0.05) is 13.6 Å². The topological polar surface area (TPSA) is 58.1 Å². The van der Waals surface area contributed by atoms with Gasteiger partial charge in [0.1, 0.15) is 5.82 Å². The summed E-state index contributed by atoms with van der Waals surface area (Å²) in [6.45, 7) is 0.809. The van der Waals surface area contributed by atoms with E-state index in [0.29, 0.717) is 0 Å². The summed E-state index contributed by atoms with van der Waals surface area (Å²) < 4.78 is 0. The lowest BCUT2D eigenvalue weighted by Crippen LogP contribution is -2.39. The molecule has 1 atom stereocenters. The molecular formula is C19H22N4O. The van der Waals surface area contributed by atoms with E-state index < -0.39 is 0 Å². The smallest absolute Gasteiger partial charge is 0.233 e. The summed E-state index contributed by atoms with van der Waals surface area (Å²) in [5, 5.41) is 3.03. The monoisotopic (exact) mass is 322 g/mol. The highest BCUT2D eigenvalue weighted by Gasteiger charge is 2.54. The summed E-state index contributed by atoms with van der Waals surface area (Å²) in [6.07, 6.45) is 7.37. The molecular weight excluding hydrogens is 300 g/mol. The molecule has 24 heavy (non-hydrogen) atoms. The SMILES string of the molecule is CNc1cncc([C@@H]2CCCN2C(=O)C2(c3ccccc3)CC2)n1. The number of likely N-dealkylation sites (tertiary alicyclic amines) is 1. The Labute approximate surface area is 142 Å². The van der Waals surface area contributed by atoms with Gasteiger partial charge in [0.05, 0.1) is 29.5 Å². The van der Waals surface area contributed by atoms with Crippen LogP contribution in [0.1, 0.15) is 43.0 Å². The summed E-state index contributed by atoms with van der Waals surface area (Å²) in [7, 11) is 1.83. The van der Waals surface area contributed by atoms with Crippen LogP contribution in [0.4, 0.5) is 5.82 Å². The van der Waals surface area contributed by atoms with Gasteiger partial charge in [0.2, 0.25) is 5.91 Å². The van der Waals surface area contributed by atoms with Gasteiger partial charge < -0.3 is 10.2 Å². The highest BCUT2D eigenvalue weighted by atomic mass is 16.2. The molecule has 0 radical (unpaired) electrons. The van der Waals surface area contributed by atoms with Crippen molar-refractivity contribution in [3.63, 3.8) is 0 Å². The highest BCUT2D eigenvalue weighted by Crippen LogP contribution is 2.51. The van der Waals surface area contributed by atoms with Crippen molar-refractivity contribution in [2.45, 2.75) is 37.1 Å². The Balaban J connectivity index is 1.62. The van der Waals surface area contributed by atoms with Crippen LogP contribution in [-0.4, -0.2) is 34.4 Å². The molecule has 0 unspecified atom stereocenters. The Morgan fingerprint density at radius 3 is 2.75 bits per heavy atom. The quantitative estimate of drug-likeness (QED) is 0.940. The number of hydrogen-bond acceptors (Lipinski definition) is 4. The van der Waals surface area contributed by atoms with E-state index in [-0.39, 0.29) is 17.4 Å². The number of hydrogen-bond donors (Lipinski definition) is 1. The fraction of sp³-hybridized carbons (Fsp3) is 0.421. The molecule has 1 aliphatic carbocycles. The van der Waals surface area contributed by atoms with Gasteiger partial charge in [-0.2, -0.15) is 0 Å². The molecule has 0 bridgehead atoms. The molecule has 124 valence electrons. The first-order chi connectivity index (χ1) is 11.7. The summed E-state index contributed by atoms with van der Waals surface area (Å²) in [6, 6.07) is 10.2. The van der Waals surface area contributed by atoms with Crippen LogP contribution in [0.5, 0.6) is 0 Å². The predicted octanol–water partition coefficient (Wildman–Crippen LogP) is 2.91. The van der Waals surface area contributed by atoms with Gasteiger partial charge in [0.25, 0.3) is 0 Å². The van der Waals surface area contributed by atoms with Gasteiger partial charge in [-0.05, 0) is 31.2 Å². The van der Waals surface area contributed by atoms with Crippen LogP contribution in [0.15, 0.2) is 42.7 Å². The zero-order chi connectivity index (χ0) is 16.6. The Bertz CT molecular complexity index is 742. The molecule has 2 fully saturated rings. The molecule has 5 heteroatoms. The van der Waals surface area contributed by atoms with Gasteiger partial charge in [-0.1, -0.05) is 30.3 Å². The van der Waals surface area contributed by atoms with Crippen molar-refractivity contribution < 1.29 is 4.79 Å². The summed E-state index contributed by atoms with van der Waals surface area (Å²) in [5.74, 6) is 1.00. The van der Waals surface area contributed by atoms with Crippen molar-refractivity contribution in [1.82, 2.24) is 14.9 Å². The second kappa shape index (κ2) is 5.89. The maximum Gasteiger partial charge on any atom is 0.233 e. The Kier molecular flexibility index (Phi) is 3.71. The van der Waals surface area contributed by atoms with E-state index >= 15 is 0 Å². The van der Waals surface area contributed by atoms with Crippen LogP contribution in [0.3, 0.4) is 0 Å². The van der Waals surface area contributed by atoms with Crippen molar-refractivity contribution in [3.8, 4) is 0 Å². The molecule has 1 aromatic heterocycles. The number of nitrogens with zero attached hydrogens (tertiary/aromatic N) is 3. The molecule has 2 heterocycles. The van der Waals surface area contributed by atoms with Crippen LogP contribution in [0.25, 0.3) is 0 Å². The van der Waals surface area contributed by atoms with Crippen molar-refractivity contribution in [1.29, 1.82) is 0 Å². The third-order valence-corrected chi connectivity index (χ3v) is 5.25. The van der Waals surface area contributed by atoms with Crippen LogP contribution < -0.4 is 5.32 Å². The molecule has 1 amide bonds. The Morgan fingerprint density at radius 2 is 2.04 bits per heavy atom. The number of carbonyl (C=O) groups excluding carboxylic acids is 1. The van der Waals surface area contributed by atoms with Crippen LogP contribution in [-0.2, 0) is 10.2 Å². The third-order valence-electron chi connectivity index (χ3n) is 5.25. The second-order valence-corrected chi connectivity index (χ2v) is 6.68. The van der Waals surface area contributed by atoms with Gasteiger partial charge >= 0.3 is 0 Å². The Morgan fingerprint density at radius 1 is 1.25 bits per heavy atom. The molecule has 0 spiro atoms. The van der Waals surface area contributed by atoms with Crippen LogP contribution >= 0.6 is 0 Å². The standard InChI is InChI=1S/C19H22N4O/c1-20-17-13-21-12-15(22-17)16-8-5-11-23(16)18(24)19(9-10-19)14-6-3-2-4-7-14/h2-4,6-7,12-13,16H,5,8-11H2,1H3,(H,20,22)/t16-/m0/s1. The van der Waals surface area contributed by atoms with Gasteiger partial charge in [-0.15, -0.1) is 0 Å². The molecule has 1 saturated carbocycles. The summed E-state index contributed by atoms with van der Waals surface area (Å²) in [4.78, 5) is 24.2. The third kappa shape index (κ3) is 2.44. The second-order valence-electron chi connectivity index (χ2n) is 6.68. The summed E-state index contributed by atoms with van der Waals surface area (Å²) in [5.41, 5.74) is 1.73. The minimum absolute atomic E-state index is 0.0412. The number of carbonyl (C=O) groups is 1. The Hall–Kier alpha value is -2.43. The zero-order valence-corrected chi connectivity index (χ0v) is 13.9. The molecule has 1 aromatic carbocycles. The number of rotatable bonds is 4. The fourth-order valence-corrected chi connectivity index (χ4v) is 3.76. The first kappa shape index (κ1) is 15.1. The maximum atomic E-state index is 13.3.